The Morgan fingerprint density at radius 2 is 1.88 bits per heavy atom. The summed E-state index contributed by atoms with van der Waals surface area (Å²) in [7, 11) is 1.59. The lowest BCUT2D eigenvalue weighted by atomic mass is 10.2. The number of hydrogen-bond acceptors (Lipinski definition) is 5. The van der Waals surface area contributed by atoms with Crippen LogP contribution < -0.4 is 14.8 Å². The lowest BCUT2D eigenvalue weighted by molar-refractivity contribution is 0.0992. The minimum atomic E-state index is -0.390. The molecule has 0 aliphatic heterocycles. The number of methoxy groups -OCH3 is 1. The number of aryl methyl sites for hydroxylation is 1. The van der Waals surface area contributed by atoms with E-state index in [0.29, 0.717) is 35.2 Å². The largest absolute Gasteiger partial charge is 0.497 e. The summed E-state index contributed by atoms with van der Waals surface area (Å²) < 4.78 is 31.8. The van der Waals surface area contributed by atoms with Gasteiger partial charge in [-0.1, -0.05) is 18.2 Å². The molecule has 1 amide bonds. The third kappa shape index (κ3) is 5.23. The van der Waals surface area contributed by atoms with Gasteiger partial charge in [0.05, 0.1) is 30.7 Å². The number of carbonyl (C=O) groups excluding carboxylic acids is 1. The fraction of sp³-hybridized carbons (Fsp3) is 0.200. The van der Waals surface area contributed by atoms with Crippen LogP contribution in [0.5, 0.6) is 11.5 Å². The van der Waals surface area contributed by atoms with Gasteiger partial charge in [0.2, 0.25) is 0 Å². The van der Waals surface area contributed by atoms with E-state index in [0.717, 1.165) is 11.3 Å². The van der Waals surface area contributed by atoms with Gasteiger partial charge >= 0.3 is 0 Å². The number of hydrogen-bond donors (Lipinski definition) is 1. The van der Waals surface area contributed by atoms with Crippen LogP contribution >= 0.6 is 0 Å². The zero-order valence-corrected chi connectivity index (χ0v) is 18.6. The maximum atomic E-state index is 13.5. The van der Waals surface area contributed by atoms with Crippen molar-refractivity contribution in [3.63, 3.8) is 0 Å². The molecule has 8 heteroatoms. The first-order chi connectivity index (χ1) is 15.9. The highest BCUT2D eigenvalue weighted by Crippen LogP contribution is 2.23. The Labute approximate surface area is 190 Å². The Hall–Kier alpha value is -4.07. The van der Waals surface area contributed by atoms with Crippen LogP contribution in [0.15, 0.2) is 65.1 Å². The Morgan fingerprint density at radius 3 is 2.67 bits per heavy atom. The van der Waals surface area contributed by atoms with Crippen molar-refractivity contribution in [3.05, 3.63) is 95.0 Å². The molecule has 1 N–H and O–H groups in total. The number of aromatic nitrogens is 2. The molecule has 0 aliphatic rings. The van der Waals surface area contributed by atoms with E-state index >= 15 is 0 Å². The van der Waals surface area contributed by atoms with E-state index in [2.05, 4.69) is 10.4 Å². The molecule has 0 radical (unpaired) electrons. The summed E-state index contributed by atoms with van der Waals surface area (Å²) in [5.41, 5.74) is 2.80. The second kappa shape index (κ2) is 9.60. The highest BCUT2D eigenvalue weighted by molar-refractivity contribution is 6.02. The Kier molecular flexibility index (Phi) is 6.44. The predicted octanol–water partition coefficient (Wildman–Crippen LogP) is 5.12. The van der Waals surface area contributed by atoms with Gasteiger partial charge in [0.25, 0.3) is 5.91 Å². The number of halogens is 1. The van der Waals surface area contributed by atoms with Crippen molar-refractivity contribution in [2.45, 2.75) is 27.0 Å². The maximum absolute atomic E-state index is 13.5. The van der Waals surface area contributed by atoms with Crippen molar-refractivity contribution in [1.82, 2.24) is 9.78 Å². The van der Waals surface area contributed by atoms with Crippen LogP contribution in [0.4, 0.5) is 10.1 Å². The number of nitrogens with zero attached hydrogens (tertiary/aromatic N) is 2. The average molecular weight is 449 g/mol. The van der Waals surface area contributed by atoms with Crippen LogP contribution in [0.25, 0.3) is 0 Å². The van der Waals surface area contributed by atoms with E-state index in [-0.39, 0.29) is 24.1 Å². The quantitative estimate of drug-likeness (QED) is 0.404. The summed E-state index contributed by atoms with van der Waals surface area (Å²) in [6.07, 6.45) is 0. The first-order valence-electron chi connectivity index (χ1n) is 10.4. The number of benzene rings is 2. The normalized spacial score (nSPS) is 10.8. The van der Waals surface area contributed by atoms with Gasteiger partial charge in [0.1, 0.15) is 29.7 Å². The number of ether oxygens (including phenoxy) is 2. The van der Waals surface area contributed by atoms with Gasteiger partial charge in [0.15, 0.2) is 5.76 Å². The second-order valence-electron chi connectivity index (χ2n) is 7.52. The highest BCUT2D eigenvalue weighted by Gasteiger charge is 2.18. The van der Waals surface area contributed by atoms with Gasteiger partial charge in [0, 0.05) is 6.07 Å². The third-order valence-corrected chi connectivity index (χ3v) is 5.15. The summed E-state index contributed by atoms with van der Waals surface area (Å²) in [5, 5.41) is 7.35. The van der Waals surface area contributed by atoms with E-state index in [9.17, 15) is 9.18 Å². The lowest BCUT2D eigenvalue weighted by Gasteiger charge is -2.07. The standard InChI is InChI=1S/C25H24FN3O4/c1-16-24(17(2)29(28-16)14-18-6-4-7-19(26)12-18)27-25(30)23-11-10-22(33-23)15-32-21-9-5-8-20(13-21)31-3/h4-13H,14-15H2,1-3H3,(H,27,30). The molecule has 0 bridgehead atoms. The Morgan fingerprint density at radius 1 is 1.09 bits per heavy atom. The van der Waals surface area contributed by atoms with Gasteiger partial charge in [-0.05, 0) is 55.8 Å². The van der Waals surface area contributed by atoms with Gasteiger partial charge in [-0.15, -0.1) is 0 Å². The van der Waals surface area contributed by atoms with Crippen molar-refractivity contribution >= 4 is 11.6 Å². The van der Waals surface area contributed by atoms with E-state index < -0.39 is 0 Å². The number of anilines is 1. The van der Waals surface area contributed by atoms with Crippen molar-refractivity contribution < 1.29 is 23.1 Å². The SMILES string of the molecule is COc1cccc(OCc2ccc(C(=O)Nc3c(C)nn(Cc4cccc(F)c4)c3C)o2)c1. The first-order valence-corrected chi connectivity index (χ1v) is 10.4. The third-order valence-electron chi connectivity index (χ3n) is 5.15. The van der Waals surface area contributed by atoms with Gasteiger partial charge in [-0.2, -0.15) is 5.10 Å². The molecule has 0 atom stereocenters. The molecule has 0 saturated heterocycles. The van der Waals surface area contributed by atoms with Gasteiger partial charge in [-0.3, -0.25) is 9.48 Å². The highest BCUT2D eigenvalue weighted by atomic mass is 19.1. The molecule has 33 heavy (non-hydrogen) atoms. The summed E-state index contributed by atoms with van der Waals surface area (Å²) in [6, 6.07) is 16.9. The molecule has 4 aromatic rings. The number of amides is 1. The second-order valence-corrected chi connectivity index (χ2v) is 7.52. The van der Waals surface area contributed by atoms with Crippen LogP contribution in [-0.2, 0) is 13.2 Å². The van der Waals surface area contributed by atoms with E-state index in [4.69, 9.17) is 13.9 Å². The summed E-state index contributed by atoms with van der Waals surface area (Å²) in [5.74, 6) is 1.31. The fourth-order valence-electron chi connectivity index (χ4n) is 3.44. The maximum Gasteiger partial charge on any atom is 0.291 e. The fourth-order valence-corrected chi connectivity index (χ4v) is 3.44. The molecule has 2 aromatic heterocycles. The van der Waals surface area contributed by atoms with E-state index in [1.54, 1.807) is 43.0 Å². The molecule has 0 spiro atoms. The number of furan rings is 1. The smallest absolute Gasteiger partial charge is 0.291 e. The number of rotatable bonds is 8. The summed E-state index contributed by atoms with van der Waals surface area (Å²) in [4.78, 5) is 12.8. The molecule has 0 fully saturated rings. The van der Waals surface area contributed by atoms with Crippen molar-refractivity contribution in [3.8, 4) is 11.5 Å². The Bertz CT molecular complexity index is 1280. The minimum absolute atomic E-state index is 0.163. The van der Waals surface area contributed by atoms with Gasteiger partial charge in [-0.25, -0.2) is 4.39 Å². The molecule has 170 valence electrons. The lowest BCUT2D eigenvalue weighted by Crippen LogP contribution is -2.12. The van der Waals surface area contributed by atoms with Gasteiger partial charge < -0.3 is 19.2 Å². The monoisotopic (exact) mass is 449 g/mol. The zero-order valence-electron chi connectivity index (χ0n) is 18.6. The molecule has 0 aliphatic carbocycles. The number of carbonyl (C=O) groups is 1. The number of nitrogens with one attached hydrogen (secondary N) is 1. The van der Waals surface area contributed by atoms with Crippen molar-refractivity contribution in [1.29, 1.82) is 0 Å². The molecular weight excluding hydrogens is 425 g/mol. The van der Waals surface area contributed by atoms with E-state index in [1.165, 1.54) is 12.1 Å². The van der Waals surface area contributed by atoms with Crippen molar-refractivity contribution in [2.24, 2.45) is 0 Å². The van der Waals surface area contributed by atoms with Crippen molar-refractivity contribution in [2.75, 3.05) is 12.4 Å². The molecule has 7 nitrogen and oxygen atoms in total. The topological polar surface area (TPSA) is 78.5 Å². The molecule has 2 heterocycles. The summed E-state index contributed by atoms with van der Waals surface area (Å²) >= 11 is 0. The first kappa shape index (κ1) is 22.1. The Balaban J connectivity index is 1.41. The van der Waals surface area contributed by atoms with E-state index in [1.807, 2.05) is 31.2 Å². The predicted molar refractivity (Wildman–Crippen MR) is 121 cm³/mol. The average Bonchev–Trinajstić information content (AvgIpc) is 3.38. The molecule has 0 unspecified atom stereocenters. The van der Waals surface area contributed by atoms with Crippen LogP contribution in [0.1, 0.15) is 33.3 Å². The van der Waals surface area contributed by atoms with Crippen LogP contribution in [0.3, 0.4) is 0 Å². The van der Waals surface area contributed by atoms with Crippen LogP contribution in [-0.4, -0.2) is 22.8 Å². The molecule has 0 saturated carbocycles. The van der Waals surface area contributed by atoms with Crippen LogP contribution in [0, 0.1) is 19.7 Å². The molecule has 2 aromatic carbocycles. The zero-order chi connectivity index (χ0) is 23.4. The molecular formula is C25H24FN3O4. The minimum Gasteiger partial charge on any atom is -0.497 e. The van der Waals surface area contributed by atoms with Crippen LogP contribution in [0.2, 0.25) is 0 Å². The molecule has 4 rings (SSSR count). The summed E-state index contributed by atoms with van der Waals surface area (Å²) in [6.45, 7) is 4.22.